The predicted molar refractivity (Wildman–Crippen MR) is 69.2 cm³/mol. The number of rotatable bonds is 2. The molecule has 92 valence electrons. The molecule has 3 unspecified atom stereocenters. The van der Waals surface area contributed by atoms with E-state index in [1.807, 2.05) is 6.07 Å². The van der Waals surface area contributed by atoms with Crippen molar-refractivity contribution in [3.05, 3.63) is 29.8 Å². The molecule has 3 atom stereocenters. The SMILES string of the molecule is NC1CCCCC1CC1COc2ccccc21. The van der Waals surface area contributed by atoms with Gasteiger partial charge in [0, 0.05) is 17.5 Å². The highest BCUT2D eigenvalue weighted by atomic mass is 16.5. The van der Waals surface area contributed by atoms with Crippen molar-refractivity contribution in [2.24, 2.45) is 11.7 Å². The third kappa shape index (κ3) is 2.19. The largest absolute Gasteiger partial charge is 0.493 e. The minimum Gasteiger partial charge on any atom is -0.493 e. The molecule has 1 fully saturated rings. The third-order valence-corrected chi connectivity index (χ3v) is 4.35. The molecule has 1 aliphatic carbocycles. The van der Waals surface area contributed by atoms with Crippen molar-refractivity contribution < 1.29 is 4.74 Å². The zero-order valence-electron chi connectivity index (χ0n) is 10.3. The van der Waals surface area contributed by atoms with E-state index in [-0.39, 0.29) is 0 Å². The molecule has 3 rings (SSSR count). The number of fused-ring (bicyclic) bond motifs is 1. The Labute approximate surface area is 103 Å². The van der Waals surface area contributed by atoms with Crippen molar-refractivity contribution in [1.82, 2.24) is 0 Å². The van der Waals surface area contributed by atoms with Gasteiger partial charge in [0.05, 0.1) is 6.61 Å². The average Bonchev–Trinajstić information content (AvgIpc) is 2.76. The van der Waals surface area contributed by atoms with Crippen molar-refractivity contribution >= 4 is 0 Å². The lowest BCUT2D eigenvalue weighted by Gasteiger charge is -2.30. The number of benzene rings is 1. The Morgan fingerprint density at radius 2 is 2.00 bits per heavy atom. The van der Waals surface area contributed by atoms with E-state index >= 15 is 0 Å². The van der Waals surface area contributed by atoms with Crippen molar-refractivity contribution in [1.29, 1.82) is 0 Å². The number of ether oxygens (including phenoxy) is 1. The minimum absolute atomic E-state index is 0.413. The van der Waals surface area contributed by atoms with Crippen LogP contribution in [0.5, 0.6) is 5.75 Å². The summed E-state index contributed by atoms with van der Waals surface area (Å²) in [7, 11) is 0. The summed E-state index contributed by atoms with van der Waals surface area (Å²) in [5.41, 5.74) is 7.63. The molecule has 0 saturated heterocycles. The van der Waals surface area contributed by atoms with Crippen molar-refractivity contribution in [3.63, 3.8) is 0 Å². The van der Waals surface area contributed by atoms with Crippen LogP contribution in [-0.4, -0.2) is 12.6 Å². The van der Waals surface area contributed by atoms with E-state index < -0.39 is 0 Å². The van der Waals surface area contributed by atoms with Gasteiger partial charge in [-0.2, -0.15) is 0 Å². The van der Waals surface area contributed by atoms with Gasteiger partial charge in [-0.15, -0.1) is 0 Å². The monoisotopic (exact) mass is 231 g/mol. The second-order valence-electron chi connectivity index (χ2n) is 5.49. The Morgan fingerprint density at radius 3 is 2.88 bits per heavy atom. The maximum absolute atomic E-state index is 6.24. The van der Waals surface area contributed by atoms with Crippen molar-refractivity contribution in [2.75, 3.05) is 6.61 Å². The van der Waals surface area contributed by atoms with Gasteiger partial charge in [0.1, 0.15) is 5.75 Å². The maximum Gasteiger partial charge on any atom is 0.122 e. The molecule has 2 aliphatic rings. The predicted octanol–water partition coefficient (Wildman–Crippen LogP) is 3.07. The van der Waals surface area contributed by atoms with Crippen LogP contribution in [0.3, 0.4) is 0 Å². The van der Waals surface area contributed by atoms with Gasteiger partial charge in [0.2, 0.25) is 0 Å². The van der Waals surface area contributed by atoms with Crippen LogP contribution in [0.1, 0.15) is 43.6 Å². The van der Waals surface area contributed by atoms with Crippen LogP contribution in [0.25, 0.3) is 0 Å². The first kappa shape index (κ1) is 11.1. The van der Waals surface area contributed by atoms with Gasteiger partial charge in [-0.1, -0.05) is 31.0 Å². The molecule has 2 N–H and O–H groups in total. The second kappa shape index (κ2) is 4.69. The van der Waals surface area contributed by atoms with Gasteiger partial charge in [-0.05, 0) is 31.2 Å². The Hall–Kier alpha value is -1.02. The quantitative estimate of drug-likeness (QED) is 0.849. The molecule has 0 amide bonds. The van der Waals surface area contributed by atoms with Crippen LogP contribution in [0.15, 0.2) is 24.3 Å². The van der Waals surface area contributed by atoms with E-state index in [9.17, 15) is 0 Å². The summed E-state index contributed by atoms with van der Waals surface area (Å²) in [6, 6.07) is 8.86. The summed E-state index contributed by atoms with van der Waals surface area (Å²) in [6.07, 6.45) is 6.39. The van der Waals surface area contributed by atoms with Gasteiger partial charge < -0.3 is 10.5 Å². The highest BCUT2D eigenvalue weighted by Crippen LogP contribution is 2.39. The van der Waals surface area contributed by atoms with E-state index in [1.54, 1.807) is 0 Å². The van der Waals surface area contributed by atoms with Crippen LogP contribution in [0.2, 0.25) is 0 Å². The minimum atomic E-state index is 0.413. The van der Waals surface area contributed by atoms with E-state index in [0.717, 1.165) is 12.4 Å². The molecule has 0 aromatic heterocycles. The molecule has 2 heteroatoms. The number of para-hydroxylation sites is 1. The van der Waals surface area contributed by atoms with Gasteiger partial charge in [-0.25, -0.2) is 0 Å². The average molecular weight is 231 g/mol. The highest BCUT2D eigenvalue weighted by Gasteiger charge is 2.30. The lowest BCUT2D eigenvalue weighted by molar-refractivity contribution is 0.250. The molecular weight excluding hydrogens is 210 g/mol. The lowest BCUT2D eigenvalue weighted by atomic mass is 9.78. The molecule has 1 saturated carbocycles. The number of hydrogen-bond donors (Lipinski definition) is 1. The molecule has 17 heavy (non-hydrogen) atoms. The summed E-state index contributed by atoms with van der Waals surface area (Å²) >= 11 is 0. The van der Waals surface area contributed by atoms with Crippen LogP contribution >= 0.6 is 0 Å². The molecule has 0 spiro atoms. The molecule has 1 aromatic carbocycles. The Morgan fingerprint density at radius 1 is 1.18 bits per heavy atom. The molecular formula is C15H21NO. The van der Waals surface area contributed by atoms with Gasteiger partial charge >= 0.3 is 0 Å². The lowest BCUT2D eigenvalue weighted by Crippen LogP contribution is -2.34. The van der Waals surface area contributed by atoms with Gasteiger partial charge in [0.25, 0.3) is 0 Å². The van der Waals surface area contributed by atoms with Crippen LogP contribution in [-0.2, 0) is 0 Å². The zero-order chi connectivity index (χ0) is 11.7. The first-order valence-electron chi connectivity index (χ1n) is 6.82. The van der Waals surface area contributed by atoms with Crippen LogP contribution in [0, 0.1) is 5.92 Å². The zero-order valence-corrected chi connectivity index (χ0v) is 10.3. The van der Waals surface area contributed by atoms with E-state index in [2.05, 4.69) is 18.2 Å². The van der Waals surface area contributed by atoms with Gasteiger partial charge in [-0.3, -0.25) is 0 Å². The van der Waals surface area contributed by atoms with Crippen molar-refractivity contribution in [2.45, 2.75) is 44.1 Å². The standard InChI is InChI=1S/C15H21NO/c16-14-7-3-1-5-11(14)9-12-10-17-15-8-4-2-6-13(12)15/h2,4,6,8,11-12,14H,1,3,5,7,9-10,16H2. The first-order chi connectivity index (χ1) is 8.34. The summed E-state index contributed by atoms with van der Waals surface area (Å²) in [4.78, 5) is 0. The van der Waals surface area contributed by atoms with Crippen molar-refractivity contribution in [3.8, 4) is 5.75 Å². The fourth-order valence-corrected chi connectivity index (χ4v) is 3.32. The Balaban J connectivity index is 1.70. The first-order valence-corrected chi connectivity index (χ1v) is 6.82. The number of nitrogens with two attached hydrogens (primary N) is 1. The molecule has 1 aromatic rings. The molecule has 1 aliphatic heterocycles. The Kier molecular flexibility index (Phi) is 3.06. The normalized spacial score (nSPS) is 31.9. The topological polar surface area (TPSA) is 35.2 Å². The van der Waals surface area contributed by atoms with E-state index in [4.69, 9.17) is 10.5 Å². The van der Waals surface area contributed by atoms with Crippen LogP contribution in [0.4, 0.5) is 0 Å². The molecule has 2 nitrogen and oxygen atoms in total. The fourth-order valence-electron chi connectivity index (χ4n) is 3.32. The van der Waals surface area contributed by atoms with E-state index in [1.165, 1.54) is 37.7 Å². The summed E-state index contributed by atoms with van der Waals surface area (Å²) in [6.45, 7) is 0.850. The molecule has 0 radical (unpaired) electrons. The Bertz CT molecular complexity index is 390. The van der Waals surface area contributed by atoms with Gasteiger partial charge in [0.15, 0.2) is 0 Å². The maximum atomic E-state index is 6.24. The van der Waals surface area contributed by atoms with E-state index in [0.29, 0.717) is 17.9 Å². The highest BCUT2D eigenvalue weighted by molar-refractivity contribution is 5.39. The van der Waals surface area contributed by atoms with Crippen LogP contribution < -0.4 is 10.5 Å². The second-order valence-corrected chi connectivity index (χ2v) is 5.49. The summed E-state index contributed by atoms with van der Waals surface area (Å²) in [5, 5.41) is 0. The molecule has 1 heterocycles. The summed E-state index contributed by atoms with van der Waals surface area (Å²) in [5.74, 6) is 2.35. The molecule has 0 bridgehead atoms. The number of hydrogen-bond acceptors (Lipinski definition) is 2. The fraction of sp³-hybridized carbons (Fsp3) is 0.600. The third-order valence-electron chi connectivity index (χ3n) is 4.35. The smallest absolute Gasteiger partial charge is 0.122 e. The summed E-state index contributed by atoms with van der Waals surface area (Å²) < 4.78 is 5.75.